The van der Waals surface area contributed by atoms with Crippen molar-refractivity contribution in [2.75, 3.05) is 0 Å². The number of hydrogen-bond acceptors (Lipinski definition) is 2. The van der Waals surface area contributed by atoms with Crippen LogP contribution in [0.3, 0.4) is 0 Å². The van der Waals surface area contributed by atoms with Gasteiger partial charge in [0, 0.05) is 6.04 Å². The van der Waals surface area contributed by atoms with E-state index in [2.05, 4.69) is 49.6 Å². The molecule has 0 amide bonds. The van der Waals surface area contributed by atoms with Crippen LogP contribution in [0, 0.1) is 5.92 Å². The Hall–Kier alpha value is -0.860. The molecular weight excluding hydrogens is 184 g/mol. The van der Waals surface area contributed by atoms with E-state index in [0.29, 0.717) is 12.0 Å². The van der Waals surface area contributed by atoms with E-state index in [9.17, 15) is 0 Å². The van der Waals surface area contributed by atoms with Gasteiger partial charge in [0.25, 0.3) is 0 Å². The predicted octanol–water partition coefficient (Wildman–Crippen LogP) is 2.50. The minimum Gasteiger partial charge on any atom is -0.271 e. The van der Waals surface area contributed by atoms with Gasteiger partial charge in [-0.3, -0.25) is 11.3 Å². The van der Waals surface area contributed by atoms with Gasteiger partial charge in [-0.05, 0) is 30.7 Å². The molecule has 15 heavy (non-hydrogen) atoms. The Morgan fingerprint density at radius 1 is 1.20 bits per heavy atom. The molecule has 0 aliphatic carbocycles. The summed E-state index contributed by atoms with van der Waals surface area (Å²) < 4.78 is 0. The summed E-state index contributed by atoms with van der Waals surface area (Å²) in [5, 5.41) is 0. The smallest absolute Gasteiger partial charge is 0.0216 e. The molecule has 2 heteroatoms. The number of nitrogens with two attached hydrogens (primary N) is 1. The van der Waals surface area contributed by atoms with Crippen molar-refractivity contribution < 1.29 is 0 Å². The zero-order valence-corrected chi connectivity index (χ0v) is 9.74. The van der Waals surface area contributed by atoms with Gasteiger partial charge in [0.1, 0.15) is 0 Å². The molecule has 0 spiro atoms. The van der Waals surface area contributed by atoms with E-state index < -0.39 is 0 Å². The van der Waals surface area contributed by atoms with Gasteiger partial charge in [0.05, 0.1) is 0 Å². The molecule has 0 aliphatic heterocycles. The fraction of sp³-hybridized carbons (Fsp3) is 0.538. The Morgan fingerprint density at radius 2 is 1.87 bits per heavy atom. The molecule has 0 saturated heterocycles. The van der Waals surface area contributed by atoms with E-state index in [1.165, 1.54) is 5.56 Å². The number of benzene rings is 1. The lowest BCUT2D eigenvalue weighted by atomic mass is 9.98. The molecule has 84 valence electrons. The van der Waals surface area contributed by atoms with Crippen LogP contribution in [0.25, 0.3) is 0 Å². The highest BCUT2D eigenvalue weighted by molar-refractivity contribution is 5.14. The van der Waals surface area contributed by atoms with Gasteiger partial charge in [-0.1, -0.05) is 44.2 Å². The summed E-state index contributed by atoms with van der Waals surface area (Å²) in [5.41, 5.74) is 4.29. The summed E-state index contributed by atoms with van der Waals surface area (Å²) in [4.78, 5) is 0. The summed E-state index contributed by atoms with van der Waals surface area (Å²) in [5.74, 6) is 6.23. The van der Waals surface area contributed by atoms with E-state index >= 15 is 0 Å². The second-order valence-electron chi connectivity index (χ2n) is 4.52. The van der Waals surface area contributed by atoms with Gasteiger partial charge in [0.2, 0.25) is 0 Å². The average Bonchev–Trinajstić information content (AvgIpc) is 2.25. The number of hydrazine groups is 1. The summed E-state index contributed by atoms with van der Waals surface area (Å²) in [6.45, 7) is 4.46. The van der Waals surface area contributed by atoms with Crippen molar-refractivity contribution >= 4 is 0 Å². The Labute approximate surface area is 92.8 Å². The molecular formula is C13H22N2. The fourth-order valence-electron chi connectivity index (χ4n) is 1.82. The molecule has 0 heterocycles. The zero-order valence-electron chi connectivity index (χ0n) is 9.74. The van der Waals surface area contributed by atoms with Gasteiger partial charge in [0.15, 0.2) is 0 Å². The Balaban J connectivity index is 2.34. The zero-order chi connectivity index (χ0) is 11.1. The second kappa shape index (κ2) is 6.59. The minimum atomic E-state index is 0.435. The first kappa shape index (κ1) is 12.2. The van der Waals surface area contributed by atoms with Crippen LogP contribution < -0.4 is 11.3 Å². The summed E-state index contributed by atoms with van der Waals surface area (Å²) in [6, 6.07) is 11.0. The molecule has 0 bridgehead atoms. The molecule has 1 aromatic rings. The van der Waals surface area contributed by atoms with Gasteiger partial charge in [-0.25, -0.2) is 0 Å². The maximum atomic E-state index is 5.54. The van der Waals surface area contributed by atoms with Crippen LogP contribution in [0.15, 0.2) is 30.3 Å². The quantitative estimate of drug-likeness (QED) is 0.554. The van der Waals surface area contributed by atoms with E-state index in [1.807, 2.05) is 0 Å². The number of nitrogens with one attached hydrogen (secondary N) is 1. The highest BCUT2D eigenvalue weighted by Crippen LogP contribution is 2.11. The standard InChI is InChI=1S/C13H22N2/c1-11(2)10-13(15-14)9-8-12-6-4-3-5-7-12/h3-7,11,13,15H,8-10,14H2,1-2H3. The van der Waals surface area contributed by atoms with Crippen LogP contribution in [0.4, 0.5) is 0 Å². The predicted molar refractivity (Wildman–Crippen MR) is 65.3 cm³/mol. The first-order valence-electron chi connectivity index (χ1n) is 5.72. The monoisotopic (exact) mass is 206 g/mol. The van der Waals surface area contributed by atoms with Crippen LogP contribution in [0.2, 0.25) is 0 Å². The number of hydrogen-bond donors (Lipinski definition) is 2. The van der Waals surface area contributed by atoms with E-state index in [4.69, 9.17) is 5.84 Å². The molecule has 0 aliphatic rings. The fourth-order valence-corrected chi connectivity index (χ4v) is 1.82. The second-order valence-corrected chi connectivity index (χ2v) is 4.52. The van der Waals surface area contributed by atoms with Crippen molar-refractivity contribution in [2.24, 2.45) is 11.8 Å². The topological polar surface area (TPSA) is 38.0 Å². The van der Waals surface area contributed by atoms with Crippen molar-refractivity contribution in [3.8, 4) is 0 Å². The third kappa shape index (κ3) is 4.96. The largest absolute Gasteiger partial charge is 0.271 e. The average molecular weight is 206 g/mol. The maximum Gasteiger partial charge on any atom is 0.0216 e. The highest BCUT2D eigenvalue weighted by atomic mass is 15.2. The van der Waals surface area contributed by atoms with Crippen LogP contribution in [-0.2, 0) is 6.42 Å². The van der Waals surface area contributed by atoms with Crippen molar-refractivity contribution in [3.63, 3.8) is 0 Å². The first-order chi connectivity index (χ1) is 7.22. The van der Waals surface area contributed by atoms with Gasteiger partial charge in [-0.2, -0.15) is 0 Å². The SMILES string of the molecule is CC(C)CC(CCc1ccccc1)NN. The molecule has 0 fully saturated rings. The third-order valence-electron chi connectivity index (χ3n) is 2.62. The van der Waals surface area contributed by atoms with E-state index in [1.54, 1.807) is 0 Å². The highest BCUT2D eigenvalue weighted by Gasteiger charge is 2.08. The van der Waals surface area contributed by atoms with Crippen molar-refractivity contribution in [1.29, 1.82) is 0 Å². The van der Waals surface area contributed by atoms with Crippen molar-refractivity contribution in [1.82, 2.24) is 5.43 Å². The van der Waals surface area contributed by atoms with Crippen molar-refractivity contribution in [2.45, 2.75) is 39.2 Å². The Kier molecular flexibility index (Phi) is 5.37. The molecule has 3 N–H and O–H groups in total. The van der Waals surface area contributed by atoms with E-state index in [-0.39, 0.29) is 0 Å². The summed E-state index contributed by atoms with van der Waals surface area (Å²) in [6.07, 6.45) is 3.35. The lowest BCUT2D eigenvalue weighted by Gasteiger charge is -2.17. The molecule has 2 nitrogen and oxygen atoms in total. The molecule has 0 saturated carbocycles. The third-order valence-corrected chi connectivity index (χ3v) is 2.62. The lowest BCUT2D eigenvalue weighted by Crippen LogP contribution is -2.36. The molecule has 0 aromatic heterocycles. The summed E-state index contributed by atoms with van der Waals surface area (Å²) in [7, 11) is 0. The van der Waals surface area contributed by atoms with Crippen LogP contribution in [-0.4, -0.2) is 6.04 Å². The van der Waals surface area contributed by atoms with Gasteiger partial charge < -0.3 is 0 Å². The van der Waals surface area contributed by atoms with Crippen molar-refractivity contribution in [3.05, 3.63) is 35.9 Å². The minimum absolute atomic E-state index is 0.435. The molecule has 1 aromatic carbocycles. The van der Waals surface area contributed by atoms with Crippen LogP contribution in [0.5, 0.6) is 0 Å². The van der Waals surface area contributed by atoms with Crippen LogP contribution in [0.1, 0.15) is 32.3 Å². The Bertz CT molecular complexity index is 256. The number of aryl methyl sites for hydroxylation is 1. The molecule has 1 atom stereocenters. The van der Waals surface area contributed by atoms with Gasteiger partial charge in [-0.15, -0.1) is 0 Å². The molecule has 1 rings (SSSR count). The lowest BCUT2D eigenvalue weighted by molar-refractivity contribution is 0.405. The first-order valence-corrected chi connectivity index (χ1v) is 5.72. The van der Waals surface area contributed by atoms with Crippen LogP contribution >= 0.6 is 0 Å². The maximum absolute atomic E-state index is 5.54. The van der Waals surface area contributed by atoms with Gasteiger partial charge >= 0.3 is 0 Å². The Morgan fingerprint density at radius 3 is 2.40 bits per heavy atom. The summed E-state index contributed by atoms with van der Waals surface area (Å²) >= 11 is 0. The molecule has 1 unspecified atom stereocenters. The molecule has 0 radical (unpaired) electrons. The van der Waals surface area contributed by atoms with E-state index in [0.717, 1.165) is 19.3 Å². The number of rotatable bonds is 6. The normalized spacial score (nSPS) is 13.1.